The molecule has 1 aliphatic heterocycles. The van der Waals surface area contributed by atoms with Gasteiger partial charge in [-0.15, -0.1) is 0 Å². The lowest BCUT2D eigenvalue weighted by molar-refractivity contribution is -0.123. The number of carbonyl (C=O) groups is 3. The van der Waals surface area contributed by atoms with Gasteiger partial charge in [-0.05, 0) is 65.4 Å². The molecule has 1 saturated heterocycles. The van der Waals surface area contributed by atoms with E-state index in [0.29, 0.717) is 21.9 Å². The molecule has 3 aromatic carbocycles. The van der Waals surface area contributed by atoms with Crippen LogP contribution in [0, 0.1) is 0 Å². The highest BCUT2D eigenvalue weighted by molar-refractivity contribution is 8.18. The highest BCUT2D eigenvalue weighted by Gasteiger charge is 2.35. The molecule has 4 rings (SSSR count). The summed E-state index contributed by atoms with van der Waals surface area (Å²) in [7, 11) is 1.46. The minimum absolute atomic E-state index is 0.139. The summed E-state index contributed by atoms with van der Waals surface area (Å²) in [6.07, 6.45) is 1.61. The highest BCUT2D eigenvalue weighted by atomic mass is 35.5. The van der Waals surface area contributed by atoms with Crippen LogP contribution in [0.15, 0.2) is 77.7 Å². The number of hydrogen-bond donors (Lipinski definition) is 0. The molecule has 33 heavy (non-hydrogen) atoms. The van der Waals surface area contributed by atoms with Gasteiger partial charge in [0, 0.05) is 5.02 Å². The second-order valence-electron chi connectivity index (χ2n) is 7.06. The predicted molar refractivity (Wildman–Crippen MR) is 127 cm³/mol. The Hall–Kier alpha value is -3.55. The topological polar surface area (TPSA) is 72.9 Å². The number of benzene rings is 3. The number of imide groups is 1. The average Bonchev–Trinajstić information content (AvgIpc) is 3.08. The van der Waals surface area contributed by atoms with Crippen molar-refractivity contribution in [3.05, 3.63) is 99.4 Å². The zero-order valence-corrected chi connectivity index (χ0v) is 19.1. The Bertz CT molecular complexity index is 1260. The molecule has 6 nitrogen and oxygen atoms in total. The molecule has 0 bridgehead atoms. The van der Waals surface area contributed by atoms with E-state index >= 15 is 0 Å². The minimum Gasteiger partial charge on any atom is -0.493 e. The number of carbonyl (C=O) groups excluding carboxylic acids is 3. The molecule has 3 aromatic rings. The van der Waals surface area contributed by atoms with E-state index in [1.54, 1.807) is 72.8 Å². The van der Waals surface area contributed by atoms with E-state index in [9.17, 15) is 14.4 Å². The van der Waals surface area contributed by atoms with Crippen LogP contribution in [0.1, 0.15) is 21.5 Å². The molecule has 0 N–H and O–H groups in total. The molecule has 0 saturated carbocycles. The van der Waals surface area contributed by atoms with Crippen LogP contribution in [0.2, 0.25) is 5.02 Å². The van der Waals surface area contributed by atoms with Crippen LogP contribution in [0.25, 0.3) is 6.08 Å². The van der Waals surface area contributed by atoms with Crippen LogP contribution in [0.5, 0.6) is 11.5 Å². The Morgan fingerprint density at radius 2 is 1.79 bits per heavy atom. The van der Waals surface area contributed by atoms with Gasteiger partial charge in [0.15, 0.2) is 11.5 Å². The molecular formula is C25H18ClNO5S. The number of esters is 1. The van der Waals surface area contributed by atoms with E-state index in [2.05, 4.69) is 0 Å². The fourth-order valence-electron chi connectivity index (χ4n) is 3.20. The first-order valence-corrected chi connectivity index (χ1v) is 11.1. The molecule has 0 aromatic heterocycles. The Morgan fingerprint density at radius 1 is 1.00 bits per heavy atom. The largest absolute Gasteiger partial charge is 0.493 e. The van der Waals surface area contributed by atoms with Crippen LogP contribution in [0.3, 0.4) is 0 Å². The smallest absolute Gasteiger partial charge is 0.343 e. The van der Waals surface area contributed by atoms with E-state index in [4.69, 9.17) is 21.1 Å². The second kappa shape index (κ2) is 9.94. The van der Waals surface area contributed by atoms with Crippen molar-refractivity contribution in [2.24, 2.45) is 0 Å². The van der Waals surface area contributed by atoms with Crippen LogP contribution in [0.4, 0.5) is 4.79 Å². The molecule has 166 valence electrons. The lowest BCUT2D eigenvalue weighted by atomic mass is 10.1. The van der Waals surface area contributed by atoms with Gasteiger partial charge in [-0.2, -0.15) is 0 Å². The number of thioether (sulfide) groups is 1. The zero-order valence-electron chi connectivity index (χ0n) is 17.5. The molecule has 0 radical (unpaired) electrons. The molecule has 1 heterocycles. The Labute approximate surface area is 199 Å². The molecule has 0 spiro atoms. The first kappa shape index (κ1) is 22.6. The normalized spacial score (nSPS) is 14.6. The molecule has 2 amide bonds. The van der Waals surface area contributed by atoms with E-state index in [-0.39, 0.29) is 28.3 Å². The van der Waals surface area contributed by atoms with Crippen molar-refractivity contribution in [2.75, 3.05) is 7.11 Å². The van der Waals surface area contributed by atoms with Gasteiger partial charge < -0.3 is 9.47 Å². The summed E-state index contributed by atoms with van der Waals surface area (Å²) in [5, 5.41) is 0.182. The number of amides is 2. The van der Waals surface area contributed by atoms with Crippen LogP contribution < -0.4 is 9.47 Å². The first-order chi connectivity index (χ1) is 15.9. The van der Waals surface area contributed by atoms with Crippen LogP contribution in [-0.4, -0.2) is 29.1 Å². The number of nitrogens with zero attached hydrogens (tertiary/aromatic N) is 1. The number of halogens is 1. The number of methoxy groups -OCH3 is 1. The van der Waals surface area contributed by atoms with Gasteiger partial charge in [0.05, 0.1) is 24.1 Å². The standard InChI is InChI=1S/C25H18ClNO5S/c1-31-21-13-16(10-11-20(21)32-24(29)18-7-3-2-4-8-18)14-22-23(28)27(25(30)33-22)15-17-6-5-9-19(26)12-17/h2-14H,15H2,1H3/b22-14-. The van der Waals surface area contributed by atoms with Gasteiger partial charge >= 0.3 is 5.97 Å². The third-order valence-corrected chi connectivity index (χ3v) is 5.94. The van der Waals surface area contributed by atoms with Crippen molar-refractivity contribution in [3.8, 4) is 11.5 Å². The summed E-state index contributed by atoms with van der Waals surface area (Å²) < 4.78 is 10.8. The summed E-state index contributed by atoms with van der Waals surface area (Å²) in [4.78, 5) is 39.0. The SMILES string of the molecule is COc1cc(/C=C2\SC(=O)N(Cc3cccc(Cl)c3)C2=O)ccc1OC(=O)c1ccccc1. The molecule has 0 unspecified atom stereocenters. The van der Waals surface area contributed by atoms with Crippen LogP contribution >= 0.6 is 23.4 Å². The summed E-state index contributed by atoms with van der Waals surface area (Å²) in [6, 6.07) is 20.5. The van der Waals surface area contributed by atoms with Crippen molar-refractivity contribution < 1.29 is 23.9 Å². The van der Waals surface area contributed by atoms with Gasteiger partial charge in [0.2, 0.25) is 0 Å². The maximum absolute atomic E-state index is 12.8. The molecule has 0 atom stereocenters. The Balaban J connectivity index is 1.52. The van der Waals surface area contributed by atoms with Gasteiger partial charge in [0.25, 0.3) is 11.1 Å². The van der Waals surface area contributed by atoms with Gasteiger partial charge in [-0.3, -0.25) is 14.5 Å². The monoisotopic (exact) mass is 479 g/mol. The summed E-state index contributed by atoms with van der Waals surface area (Å²) in [5.41, 5.74) is 1.80. The zero-order chi connectivity index (χ0) is 23.4. The van der Waals surface area contributed by atoms with Crippen molar-refractivity contribution in [1.82, 2.24) is 4.90 Å². The van der Waals surface area contributed by atoms with Gasteiger partial charge in [-0.25, -0.2) is 4.79 Å². The average molecular weight is 480 g/mol. The maximum Gasteiger partial charge on any atom is 0.343 e. The van der Waals surface area contributed by atoms with Crippen molar-refractivity contribution in [1.29, 1.82) is 0 Å². The Morgan fingerprint density at radius 3 is 2.52 bits per heavy atom. The van der Waals surface area contributed by atoms with E-state index in [1.165, 1.54) is 12.0 Å². The lowest BCUT2D eigenvalue weighted by Gasteiger charge is -2.12. The number of ether oxygens (including phenoxy) is 2. The molecular weight excluding hydrogens is 462 g/mol. The molecule has 1 aliphatic rings. The first-order valence-electron chi connectivity index (χ1n) is 9.89. The minimum atomic E-state index is -0.510. The number of rotatable bonds is 6. The van der Waals surface area contributed by atoms with E-state index in [1.807, 2.05) is 6.07 Å². The summed E-state index contributed by atoms with van der Waals surface area (Å²) >= 11 is 6.86. The van der Waals surface area contributed by atoms with Gasteiger partial charge in [-0.1, -0.05) is 48.0 Å². The van der Waals surface area contributed by atoms with E-state index < -0.39 is 5.97 Å². The maximum atomic E-state index is 12.8. The van der Waals surface area contributed by atoms with Gasteiger partial charge in [0.1, 0.15) is 0 Å². The molecule has 1 fully saturated rings. The van der Waals surface area contributed by atoms with Crippen molar-refractivity contribution in [3.63, 3.8) is 0 Å². The van der Waals surface area contributed by atoms with Crippen molar-refractivity contribution in [2.45, 2.75) is 6.54 Å². The summed E-state index contributed by atoms with van der Waals surface area (Å²) in [6.45, 7) is 0.139. The number of hydrogen-bond acceptors (Lipinski definition) is 6. The quantitative estimate of drug-likeness (QED) is 0.252. The second-order valence-corrected chi connectivity index (χ2v) is 8.49. The van der Waals surface area contributed by atoms with Crippen LogP contribution in [-0.2, 0) is 11.3 Å². The molecule has 0 aliphatic carbocycles. The molecule has 8 heteroatoms. The third-order valence-electron chi connectivity index (χ3n) is 4.80. The Kier molecular flexibility index (Phi) is 6.82. The predicted octanol–water partition coefficient (Wildman–Crippen LogP) is 5.80. The van der Waals surface area contributed by atoms with Crippen molar-refractivity contribution >= 4 is 46.6 Å². The fraction of sp³-hybridized carbons (Fsp3) is 0.0800. The fourth-order valence-corrected chi connectivity index (χ4v) is 4.25. The van der Waals surface area contributed by atoms with E-state index in [0.717, 1.165) is 17.3 Å². The third kappa shape index (κ3) is 5.27. The summed E-state index contributed by atoms with van der Waals surface area (Å²) in [5.74, 6) is -0.323. The lowest BCUT2D eigenvalue weighted by Crippen LogP contribution is -2.27. The highest BCUT2D eigenvalue weighted by Crippen LogP contribution is 2.35.